The Bertz CT molecular complexity index is 1020. The summed E-state index contributed by atoms with van der Waals surface area (Å²) in [7, 11) is 0. The van der Waals surface area contributed by atoms with E-state index in [4.69, 9.17) is 0 Å². The molecule has 2 aromatic carbocycles. The van der Waals surface area contributed by atoms with Gasteiger partial charge in [-0.3, -0.25) is 4.79 Å². The fraction of sp³-hybridized carbons (Fsp3) is 0.364. The van der Waals surface area contributed by atoms with Gasteiger partial charge in [0.05, 0.1) is 10.2 Å². The van der Waals surface area contributed by atoms with E-state index in [0.717, 1.165) is 35.6 Å². The van der Waals surface area contributed by atoms with Crippen molar-refractivity contribution < 1.29 is 4.79 Å². The fourth-order valence-corrected chi connectivity index (χ4v) is 4.60. The minimum Gasteiger partial charge on any atom is -0.372 e. The SMILES string of the molecule is CCN(CC)c1ccc(C(=O)N=c2sc3c(C)cc(C)cc3n2CC)cc1. The lowest BCUT2D eigenvalue weighted by atomic mass is 10.1. The standard InChI is InChI=1S/C22H27N3OS/c1-6-24(7-2)18-11-9-17(10-12-18)21(26)23-22-25(8-3)19-14-15(4)13-16(5)20(19)27-22/h9-14H,6-8H2,1-5H3. The van der Waals surface area contributed by atoms with Gasteiger partial charge in [0, 0.05) is 30.9 Å². The molecule has 3 aromatic rings. The van der Waals surface area contributed by atoms with E-state index < -0.39 is 0 Å². The second-order valence-corrected chi connectivity index (χ2v) is 7.67. The van der Waals surface area contributed by atoms with Gasteiger partial charge in [0.15, 0.2) is 4.80 Å². The molecule has 0 unspecified atom stereocenters. The summed E-state index contributed by atoms with van der Waals surface area (Å²) in [5, 5.41) is 0. The van der Waals surface area contributed by atoms with Crippen molar-refractivity contribution in [1.82, 2.24) is 4.57 Å². The molecule has 4 nitrogen and oxygen atoms in total. The number of aromatic nitrogens is 1. The van der Waals surface area contributed by atoms with Crippen LogP contribution in [0.5, 0.6) is 0 Å². The van der Waals surface area contributed by atoms with Gasteiger partial charge in [0.1, 0.15) is 0 Å². The molecule has 1 aromatic heterocycles. The van der Waals surface area contributed by atoms with Gasteiger partial charge in [-0.1, -0.05) is 17.4 Å². The molecule has 0 N–H and O–H groups in total. The highest BCUT2D eigenvalue weighted by Gasteiger charge is 2.11. The first-order valence-corrected chi connectivity index (χ1v) is 10.3. The quantitative estimate of drug-likeness (QED) is 0.629. The monoisotopic (exact) mass is 381 g/mol. The molecule has 5 heteroatoms. The highest BCUT2D eigenvalue weighted by Crippen LogP contribution is 2.23. The zero-order chi connectivity index (χ0) is 19.6. The van der Waals surface area contributed by atoms with E-state index in [0.29, 0.717) is 5.56 Å². The maximum atomic E-state index is 12.7. The van der Waals surface area contributed by atoms with Crippen LogP contribution in [-0.4, -0.2) is 23.6 Å². The van der Waals surface area contributed by atoms with Gasteiger partial charge in [0.2, 0.25) is 0 Å². The van der Waals surface area contributed by atoms with Crippen molar-refractivity contribution in [2.75, 3.05) is 18.0 Å². The van der Waals surface area contributed by atoms with Gasteiger partial charge in [0.25, 0.3) is 5.91 Å². The average molecular weight is 382 g/mol. The molecule has 142 valence electrons. The molecule has 27 heavy (non-hydrogen) atoms. The summed E-state index contributed by atoms with van der Waals surface area (Å²) in [6.07, 6.45) is 0. The smallest absolute Gasteiger partial charge is 0.279 e. The number of carbonyl (C=O) groups is 1. The van der Waals surface area contributed by atoms with Gasteiger partial charge < -0.3 is 9.47 Å². The minimum absolute atomic E-state index is 0.191. The topological polar surface area (TPSA) is 37.6 Å². The molecule has 1 heterocycles. The molecule has 3 rings (SSSR count). The number of rotatable bonds is 5. The predicted molar refractivity (Wildman–Crippen MR) is 115 cm³/mol. The average Bonchev–Trinajstić information content (AvgIpc) is 3.00. The van der Waals surface area contributed by atoms with Crippen LogP contribution in [0.15, 0.2) is 41.4 Å². The van der Waals surface area contributed by atoms with Crippen molar-refractivity contribution >= 4 is 33.1 Å². The zero-order valence-corrected chi connectivity index (χ0v) is 17.6. The molecule has 0 saturated carbocycles. The Morgan fingerprint density at radius 2 is 1.74 bits per heavy atom. The summed E-state index contributed by atoms with van der Waals surface area (Å²) in [5.41, 5.74) is 5.37. The van der Waals surface area contributed by atoms with E-state index >= 15 is 0 Å². The van der Waals surface area contributed by atoms with Crippen LogP contribution in [0.25, 0.3) is 10.2 Å². The van der Waals surface area contributed by atoms with E-state index in [9.17, 15) is 4.79 Å². The molecule has 0 aliphatic heterocycles. The third-order valence-electron chi connectivity index (χ3n) is 4.87. The van der Waals surface area contributed by atoms with Crippen LogP contribution < -0.4 is 9.70 Å². The van der Waals surface area contributed by atoms with Crippen molar-refractivity contribution in [2.24, 2.45) is 4.99 Å². The van der Waals surface area contributed by atoms with Crippen molar-refractivity contribution in [3.05, 3.63) is 57.9 Å². The van der Waals surface area contributed by atoms with Crippen molar-refractivity contribution in [2.45, 2.75) is 41.2 Å². The summed E-state index contributed by atoms with van der Waals surface area (Å²) >= 11 is 1.59. The minimum atomic E-state index is -0.191. The number of amides is 1. The normalized spacial score (nSPS) is 12.0. The van der Waals surface area contributed by atoms with Crippen LogP contribution >= 0.6 is 11.3 Å². The van der Waals surface area contributed by atoms with Crippen molar-refractivity contribution in [1.29, 1.82) is 0 Å². The van der Waals surface area contributed by atoms with Crippen LogP contribution in [0.1, 0.15) is 42.3 Å². The van der Waals surface area contributed by atoms with Gasteiger partial charge in [-0.2, -0.15) is 4.99 Å². The highest BCUT2D eigenvalue weighted by molar-refractivity contribution is 7.16. The number of benzene rings is 2. The second kappa shape index (κ2) is 8.09. The Morgan fingerprint density at radius 1 is 1.07 bits per heavy atom. The third kappa shape index (κ3) is 3.83. The second-order valence-electron chi connectivity index (χ2n) is 6.70. The Hall–Kier alpha value is -2.40. The van der Waals surface area contributed by atoms with Crippen LogP contribution in [-0.2, 0) is 6.54 Å². The summed E-state index contributed by atoms with van der Waals surface area (Å²) in [6, 6.07) is 12.1. The molecule has 0 fully saturated rings. The van der Waals surface area contributed by atoms with Crippen LogP contribution in [0.3, 0.4) is 0 Å². The van der Waals surface area contributed by atoms with Gasteiger partial charge in [-0.25, -0.2) is 0 Å². The zero-order valence-electron chi connectivity index (χ0n) is 16.7. The number of nitrogens with zero attached hydrogens (tertiary/aromatic N) is 3. The number of hydrogen-bond donors (Lipinski definition) is 0. The first kappa shape index (κ1) is 19.4. The van der Waals surface area contributed by atoms with Gasteiger partial charge in [-0.15, -0.1) is 0 Å². The molecule has 0 atom stereocenters. The summed E-state index contributed by atoms with van der Waals surface area (Å²) in [5.74, 6) is -0.191. The first-order valence-electron chi connectivity index (χ1n) is 9.53. The third-order valence-corrected chi connectivity index (χ3v) is 6.10. The van der Waals surface area contributed by atoms with Gasteiger partial charge >= 0.3 is 0 Å². The number of carbonyl (C=O) groups excluding carboxylic acids is 1. The summed E-state index contributed by atoms with van der Waals surface area (Å²) in [4.78, 5) is 20.2. The molecule has 0 radical (unpaired) electrons. The summed E-state index contributed by atoms with van der Waals surface area (Å²) < 4.78 is 3.33. The lowest BCUT2D eigenvalue weighted by Gasteiger charge is -2.20. The Morgan fingerprint density at radius 3 is 2.33 bits per heavy atom. The Labute approximate surface area is 164 Å². The van der Waals surface area contributed by atoms with E-state index in [-0.39, 0.29) is 5.91 Å². The van der Waals surface area contributed by atoms with E-state index in [1.165, 1.54) is 15.8 Å². The number of thiazole rings is 1. The van der Waals surface area contributed by atoms with Crippen LogP contribution in [0, 0.1) is 13.8 Å². The molecule has 0 saturated heterocycles. The predicted octanol–water partition coefficient (Wildman–Crippen LogP) is 4.93. The Kier molecular flexibility index (Phi) is 5.80. The lowest BCUT2D eigenvalue weighted by molar-refractivity contribution is 0.0998. The molecule has 0 aliphatic carbocycles. The Balaban J connectivity index is 2.01. The lowest BCUT2D eigenvalue weighted by Crippen LogP contribution is -2.21. The van der Waals surface area contributed by atoms with Crippen LogP contribution in [0.2, 0.25) is 0 Å². The molecule has 1 amide bonds. The van der Waals surface area contributed by atoms with Crippen molar-refractivity contribution in [3.63, 3.8) is 0 Å². The maximum Gasteiger partial charge on any atom is 0.279 e. The number of fused-ring (bicyclic) bond motifs is 1. The van der Waals surface area contributed by atoms with Crippen LogP contribution in [0.4, 0.5) is 5.69 Å². The molecule has 0 bridgehead atoms. The van der Waals surface area contributed by atoms with Crippen molar-refractivity contribution in [3.8, 4) is 0 Å². The maximum absolute atomic E-state index is 12.7. The van der Waals surface area contributed by atoms with Gasteiger partial charge in [-0.05, 0) is 76.1 Å². The molecule has 0 aliphatic rings. The number of anilines is 1. The van der Waals surface area contributed by atoms with E-state index in [2.05, 4.69) is 61.2 Å². The molecule has 0 spiro atoms. The molecular formula is C22H27N3OS. The largest absolute Gasteiger partial charge is 0.372 e. The molecular weight excluding hydrogens is 354 g/mol. The van der Waals surface area contributed by atoms with E-state index in [1.54, 1.807) is 11.3 Å². The first-order chi connectivity index (χ1) is 13.0. The number of aryl methyl sites for hydroxylation is 3. The fourth-order valence-electron chi connectivity index (χ4n) is 3.46. The number of hydrogen-bond acceptors (Lipinski definition) is 3. The highest BCUT2D eigenvalue weighted by atomic mass is 32.1. The van der Waals surface area contributed by atoms with E-state index in [1.807, 2.05) is 24.3 Å². The summed E-state index contributed by atoms with van der Waals surface area (Å²) in [6.45, 7) is 13.3.